The molecule has 1 aliphatic rings. The van der Waals surface area contributed by atoms with Gasteiger partial charge >= 0.3 is 6.18 Å². The van der Waals surface area contributed by atoms with Crippen LogP contribution in [-0.4, -0.2) is 38.2 Å². The molecule has 0 saturated carbocycles. The van der Waals surface area contributed by atoms with Gasteiger partial charge in [0.15, 0.2) is 0 Å². The maximum Gasteiger partial charge on any atom is 0.417 e. The van der Waals surface area contributed by atoms with Crippen molar-refractivity contribution in [2.24, 2.45) is 0 Å². The highest BCUT2D eigenvalue weighted by molar-refractivity contribution is 6.32. The lowest BCUT2D eigenvalue weighted by atomic mass is 10.1. The Balaban J connectivity index is 1.69. The van der Waals surface area contributed by atoms with Crippen molar-refractivity contribution in [3.8, 4) is 5.75 Å². The van der Waals surface area contributed by atoms with E-state index in [1.165, 1.54) is 6.07 Å². The molecular weight excluding hydrogens is 412 g/mol. The molecule has 0 N–H and O–H groups in total. The van der Waals surface area contributed by atoms with Gasteiger partial charge in [0.25, 0.3) is 0 Å². The van der Waals surface area contributed by atoms with Crippen LogP contribution in [0.5, 0.6) is 5.75 Å². The molecule has 1 aliphatic heterocycles. The smallest absolute Gasteiger partial charge is 0.417 e. The summed E-state index contributed by atoms with van der Waals surface area (Å²) in [5.74, 6) is 0.630. The molecule has 2 aromatic rings. The van der Waals surface area contributed by atoms with Gasteiger partial charge in [0, 0.05) is 37.9 Å². The first-order valence-corrected chi connectivity index (χ1v) is 9.65. The third-order valence-corrected chi connectivity index (χ3v) is 5.78. The summed E-state index contributed by atoms with van der Waals surface area (Å²) >= 11 is 11.8. The number of nitrogens with zero attached hydrogens (tertiary/aromatic N) is 2. The van der Waals surface area contributed by atoms with Gasteiger partial charge in [-0.25, -0.2) is 0 Å². The summed E-state index contributed by atoms with van der Waals surface area (Å²) in [6.45, 7) is 4.83. The third kappa shape index (κ3) is 4.50. The monoisotopic (exact) mass is 432 g/mol. The maximum atomic E-state index is 13.1. The number of hydrogen-bond donors (Lipinski definition) is 0. The Morgan fingerprint density at radius 2 is 1.61 bits per heavy atom. The van der Waals surface area contributed by atoms with Crippen LogP contribution in [0.3, 0.4) is 0 Å². The van der Waals surface area contributed by atoms with Gasteiger partial charge < -0.3 is 9.64 Å². The van der Waals surface area contributed by atoms with Crippen molar-refractivity contribution in [2.45, 2.75) is 19.1 Å². The van der Waals surface area contributed by atoms with Crippen LogP contribution in [0.4, 0.5) is 18.9 Å². The molecule has 0 amide bonds. The zero-order chi connectivity index (χ0) is 20.5. The molecule has 3 rings (SSSR count). The summed E-state index contributed by atoms with van der Waals surface area (Å²) in [6.07, 6.45) is -4.46. The highest BCUT2D eigenvalue weighted by atomic mass is 35.5. The molecule has 8 heteroatoms. The lowest BCUT2D eigenvalue weighted by molar-refractivity contribution is -0.137. The fourth-order valence-corrected chi connectivity index (χ4v) is 3.86. The van der Waals surface area contributed by atoms with Crippen LogP contribution in [0, 0.1) is 0 Å². The van der Waals surface area contributed by atoms with Crippen LogP contribution < -0.4 is 9.64 Å². The van der Waals surface area contributed by atoms with Crippen molar-refractivity contribution in [1.82, 2.24) is 4.90 Å². The van der Waals surface area contributed by atoms with E-state index in [1.54, 1.807) is 13.2 Å². The number of hydrogen-bond acceptors (Lipinski definition) is 3. The zero-order valence-electron chi connectivity index (χ0n) is 15.6. The molecule has 28 heavy (non-hydrogen) atoms. The van der Waals surface area contributed by atoms with Crippen molar-refractivity contribution < 1.29 is 17.9 Å². The standard InChI is InChI=1S/C20H21Cl2F3N2O/c1-13(14-3-5-18(22)19(11-14)28-2)26-7-9-27(10-8-26)15-4-6-17(21)16(12-15)20(23,24)25/h3-6,11-13H,7-10H2,1-2H3. The number of ether oxygens (including phenoxy) is 1. The van der Waals surface area contributed by atoms with Crippen molar-refractivity contribution in [3.63, 3.8) is 0 Å². The second-order valence-corrected chi connectivity index (χ2v) is 7.57. The molecule has 3 nitrogen and oxygen atoms in total. The number of rotatable bonds is 4. The second-order valence-electron chi connectivity index (χ2n) is 6.75. The van der Waals surface area contributed by atoms with Crippen molar-refractivity contribution in [1.29, 1.82) is 0 Å². The number of methoxy groups -OCH3 is 1. The molecule has 1 unspecified atom stereocenters. The SMILES string of the molecule is COc1cc(C(C)N2CCN(c3ccc(Cl)c(C(F)(F)F)c3)CC2)ccc1Cl. The number of benzene rings is 2. The number of anilines is 1. The van der Waals surface area contributed by atoms with Gasteiger partial charge in [-0.05, 0) is 42.8 Å². The van der Waals surface area contributed by atoms with Crippen LogP contribution in [0.25, 0.3) is 0 Å². The molecule has 0 bridgehead atoms. The summed E-state index contributed by atoms with van der Waals surface area (Å²) in [5.41, 5.74) is 0.827. The molecule has 2 aromatic carbocycles. The van der Waals surface area contributed by atoms with Gasteiger partial charge in [0.2, 0.25) is 0 Å². The van der Waals surface area contributed by atoms with Gasteiger partial charge in [-0.2, -0.15) is 13.2 Å². The average Bonchev–Trinajstić information content (AvgIpc) is 2.67. The molecule has 152 valence electrons. The van der Waals surface area contributed by atoms with E-state index in [0.29, 0.717) is 29.5 Å². The first kappa shape index (κ1) is 21.1. The Kier molecular flexibility index (Phi) is 6.32. The maximum absolute atomic E-state index is 13.1. The Labute approximate surface area is 172 Å². The molecule has 0 aromatic heterocycles. The predicted molar refractivity (Wildman–Crippen MR) is 107 cm³/mol. The van der Waals surface area contributed by atoms with E-state index in [9.17, 15) is 13.2 Å². The van der Waals surface area contributed by atoms with E-state index in [4.69, 9.17) is 27.9 Å². The molecule has 1 saturated heterocycles. The van der Waals surface area contributed by atoms with E-state index in [1.807, 2.05) is 23.1 Å². The van der Waals surface area contributed by atoms with Crippen LogP contribution >= 0.6 is 23.2 Å². The summed E-state index contributed by atoms with van der Waals surface area (Å²) in [7, 11) is 1.58. The van der Waals surface area contributed by atoms with Gasteiger partial charge in [-0.15, -0.1) is 0 Å². The lowest BCUT2D eigenvalue weighted by Gasteiger charge is -2.39. The van der Waals surface area contributed by atoms with E-state index in [0.717, 1.165) is 24.7 Å². The summed E-state index contributed by atoms with van der Waals surface area (Å²) < 4.78 is 44.6. The van der Waals surface area contributed by atoms with Gasteiger partial charge in [0.05, 0.1) is 22.7 Å². The third-order valence-electron chi connectivity index (χ3n) is 5.14. The average molecular weight is 433 g/mol. The molecule has 1 heterocycles. The minimum Gasteiger partial charge on any atom is -0.495 e. The minimum absolute atomic E-state index is 0.143. The van der Waals surface area contributed by atoms with Gasteiger partial charge in [-0.1, -0.05) is 29.3 Å². The Morgan fingerprint density at radius 3 is 2.21 bits per heavy atom. The normalized spacial score (nSPS) is 16.9. The zero-order valence-corrected chi connectivity index (χ0v) is 17.1. The molecular formula is C20H21Cl2F3N2O. The summed E-state index contributed by atoms with van der Waals surface area (Å²) in [6, 6.07) is 9.94. The van der Waals surface area contributed by atoms with E-state index >= 15 is 0 Å². The van der Waals surface area contributed by atoms with E-state index in [2.05, 4.69) is 11.8 Å². The van der Waals surface area contributed by atoms with Crippen LogP contribution in [0.15, 0.2) is 36.4 Å². The van der Waals surface area contributed by atoms with Gasteiger partial charge in [-0.3, -0.25) is 4.90 Å². The topological polar surface area (TPSA) is 15.7 Å². The second kappa shape index (κ2) is 8.39. The van der Waals surface area contributed by atoms with Gasteiger partial charge in [0.1, 0.15) is 5.75 Å². The van der Waals surface area contributed by atoms with Crippen LogP contribution in [0.2, 0.25) is 10.0 Å². The molecule has 1 atom stereocenters. The van der Waals surface area contributed by atoms with Crippen molar-refractivity contribution in [3.05, 3.63) is 57.6 Å². The Bertz CT molecular complexity index is 837. The number of halogens is 5. The van der Waals surface area contributed by atoms with Crippen LogP contribution in [-0.2, 0) is 6.18 Å². The van der Waals surface area contributed by atoms with E-state index < -0.39 is 11.7 Å². The first-order chi connectivity index (χ1) is 13.2. The van der Waals surface area contributed by atoms with Crippen molar-refractivity contribution in [2.75, 3.05) is 38.2 Å². The number of piperazine rings is 1. The fraction of sp³-hybridized carbons (Fsp3) is 0.400. The lowest BCUT2D eigenvalue weighted by Crippen LogP contribution is -2.47. The molecule has 0 radical (unpaired) electrons. The first-order valence-electron chi connectivity index (χ1n) is 8.90. The molecule has 0 spiro atoms. The highest BCUT2D eigenvalue weighted by Crippen LogP contribution is 2.37. The highest BCUT2D eigenvalue weighted by Gasteiger charge is 2.34. The Morgan fingerprint density at radius 1 is 0.964 bits per heavy atom. The number of alkyl halides is 3. The summed E-state index contributed by atoms with van der Waals surface area (Å²) in [4.78, 5) is 4.25. The molecule has 0 aliphatic carbocycles. The minimum atomic E-state index is -4.46. The quantitative estimate of drug-likeness (QED) is 0.597. The fourth-order valence-electron chi connectivity index (χ4n) is 3.44. The summed E-state index contributed by atoms with van der Waals surface area (Å²) in [5, 5.41) is 0.284. The van der Waals surface area contributed by atoms with Crippen LogP contribution in [0.1, 0.15) is 24.1 Å². The van der Waals surface area contributed by atoms with E-state index in [-0.39, 0.29) is 11.1 Å². The largest absolute Gasteiger partial charge is 0.495 e. The molecule has 1 fully saturated rings. The Hall–Kier alpha value is -1.63. The predicted octanol–water partition coefficient (Wildman–Crippen LogP) is 5.90. The van der Waals surface area contributed by atoms with Crippen molar-refractivity contribution >= 4 is 28.9 Å².